The van der Waals surface area contributed by atoms with Gasteiger partial charge in [-0.3, -0.25) is 4.68 Å². The second-order valence-corrected chi connectivity index (χ2v) is 8.39. The molecule has 6 nitrogen and oxygen atoms in total. The van der Waals surface area contributed by atoms with Gasteiger partial charge in [-0.05, 0) is 39.7 Å². The van der Waals surface area contributed by atoms with Gasteiger partial charge in [-0.1, -0.05) is 13.8 Å². The minimum absolute atomic E-state index is 0.0210. The number of carbonyl (C=O) groups is 1. The van der Waals surface area contributed by atoms with E-state index in [9.17, 15) is 4.79 Å². The van der Waals surface area contributed by atoms with Crippen molar-refractivity contribution in [3.8, 4) is 0 Å². The Bertz CT molecular complexity index is 561. The molecule has 0 saturated carbocycles. The summed E-state index contributed by atoms with van der Waals surface area (Å²) in [6, 6.07) is 2.00. The summed E-state index contributed by atoms with van der Waals surface area (Å²) in [4.78, 5) is 14.6. The minimum atomic E-state index is -0.335. The molecule has 1 aromatic heterocycles. The van der Waals surface area contributed by atoms with Crippen LogP contribution in [-0.4, -0.2) is 51.5 Å². The van der Waals surface area contributed by atoms with E-state index in [1.165, 1.54) is 0 Å². The van der Waals surface area contributed by atoms with Crippen LogP contribution in [0.15, 0.2) is 12.3 Å². The van der Waals surface area contributed by atoms with Crippen molar-refractivity contribution in [3.05, 3.63) is 18.0 Å². The summed E-state index contributed by atoms with van der Waals surface area (Å²) in [6.45, 7) is 14.3. The lowest BCUT2D eigenvalue weighted by Crippen LogP contribution is -2.60. The average molecular weight is 336 g/mol. The quantitative estimate of drug-likeness (QED) is 0.920. The van der Waals surface area contributed by atoms with E-state index in [4.69, 9.17) is 4.74 Å². The highest BCUT2D eigenvalue weighted by Gasteiger charge is 2.40. The molecule has 1 atom stereocenters. The topological polar surface area (TPSA) is 59.4 Å². The monoisotopic (exact) mass is 336 g/mol. The van der Waals surface area contributed by atoms with Gasteiger partial charge in [-0.15, -0.1) is 0 Å². The number of ether oxygens (including phenoxy) is 1. The molecule has 1 fully saturated rings. The number of hydrogen-bond acceptors (Lipinski definition) is 3. The van der Waals surface area contributed by atoms with Crippen LogP contribution in [0.25, 0.3) is 0 Å². The van der Waals surface area contributed by atoms with Crippen LogP contribution in [0.3, 0.4) is 0 Å². The molecule has 1 aliphatic heterocycles. The number of nitrogens with zero attached hydrogens (tertiary/aromatic N) is 3. The largest absolute Gasteiger partial charge is 0.366 e. The van der Waals surface area contributed by atoms with Gasteiger partial charge in [0.1, 0.15) is 0 Å². The first kappa shape index (κ1) is 18.8. The predicted molar refractivity (Wildman–Crippen MR) is 95.0 cm³/mol. The zero-order valence-electron chi connectivity index (χ0n) is 16.1. The summed E-state index contributed by atoms with van der Waals surface area (Å²) in [5, 5.41) is 7.37. The molecule has 1 N–H and O–H groups in total. The average Bonchev–Trinajstić information content (AvgIpc) is 2.81. The lowest BCUT2D eigenvalue weighted by Gasteiger charge is -2.47. The first-order valence-corrected chi connectivity index (χ1v) is 8.72. The lowest BCUT2D eigenvalue weighted by atomic mass is 9.92. The molecule has 1 aliphatic rings. The van der Waals surface area contributed by atoms with E-state index in [1.54, 1.807) is 6.20 Å². The molecule has 1 unspecified atom stereocenters. The van der Waals surface area contributed by atoms with Crippen LogP contribution in [0, 0.1) is 5.92 Å². The van der Waals surface area contributed by atoms with E-state index < -0.39 is 0 Å². The molecule has 0 bridgehead atoms. The van der Waals surface area contributed by atoms with E-state index in [1.807, 2.05) is 50.4 Å². The Hall–Kier alpha value is -1.56. The van der Waals surface area contributed by atoms with Crippen LogP contribution >= 0.6 is 0 Å². The van der Waals surface area contributed by atoms with Gasteiger partial charge < -0.3 is 15.0 Å². The van der Waals surface area contributed by atoms with Crippen molar-refractivity contribution in [1.82, 2.24) is 20.0 Å². The van der Waals surface area contributed by atoms with Gasteiger partial charge in [0.25, 0.3) is 0 Å². The lowest BCUT2D eigenvalue weighted by molar-refractivity contribution is -0.170. The van der Waals surface area contributed by atoms with E-state index in [0.717, 1.165) is 5.69 Å². The molecule has 2 rings (SSSR count). The number of urea groups is 1. The maximum atomic E-state index is 12.7. The van der Waals surface area contributed by atoms with Crippen molar-refractivity contribution in [2.24, 2.45) is 13.0 Å². The van der Waals surface area contributed by atoms with Crippen LogP contribution in [0.4, 0.5) is 4.79 Å². The Morgan fingerprint density at radius 3 is 2.33 bits per heavy atom. The number of rotatable bonds is 4. The van der Waals surface area contributed by atoms with Crippen LogP contribution in [-0.2, 0) is 11.8 Å². The van der Waals surface area contributed by atoms with Gasteiger partial charge in [-0.2, -0.15) is 5.10 Å². The maximum Gasteiger partial charge on any atom is 0.317 e. The van der Waals surface area contributed by atoms with Crippen molar-refractivity contribution in [3.63, 3.8) is 0 Å². The summed E-state index contributed by atoms with van der Waals surface area (Å²) in [5.41, 5.74) is 0.477. The number of carbonyl (C=O) groups excluding carboxylic acids is 1. The molecule has 0 radical (unpaired) electrons. The maximum absolute atomic E-state index is 12.7. The van der Waals surface area contributed by atoms with Crippen LogP contribution in [0.2, 0.25) is 0 Å². The van der Waals surface area contributed by atoms with E-state index in [0.29, 0.717) is 25.6 Å². The normalized spacial score (nSPS) is 20.9. The summed E-state index contributed by atoms with van der Waals surface area (Å²) < 4.78 is 7.93. The fourth-order valence-corrected chi connectivity index (χ4v) is 3.67. The molecule has 0 aliphatic carbocycles. The van der Waals surface area contributed by atoms with E-state index in [2.05, 4.69) is 24.3 Å². The molecule has 24 heavy (non-hydrogen) atoms. The molecule has 136 valence electrons. The highest BCUT2D eigenvalue weighted by molar-refractivity contribution is 5.74. The van der Waals surface area contributed by atoms with Crippen molar-refractivity contribution < 1.29 is 9.53 Å². The Morgan fingerprint density at radius 1 is 1.29 bits per heavy atom. The number of aryl methyl sites for hydroxylation is 1. The van der Waals surface area contributed by atoms with E-state index in [-0.39, 0.29) is 23.2 Å². The minimum Gasteiger partial charge on any atom is -0.366 e. The van der Waals surface area contributed by atoms with Gasteiger partial charge in [0, 0.05) is 31.4 Å². The zero-order chi connectivity index (χ0) is 18.1. The zero-order valence-corrected chi connectivity index (χ0v) is 16.1. The fraction of sp³-hybridized carbons (Fsp3) is 0.778. The fourth-order valence-electron chi connectivity index (χ4n) is 3.67. The SMILES string of the molecule is CC(C)C(CNC(=O)N1CC(C)(C)OC(C)(C)C1)c1ccnn1C. The predicted octanol–water partition coefficient (Wildman–Crippen LogP) is 2.76. The smallest absolute Gasteiger partial charge is 0.317 e. The summed E-state index contributed by atoms with van der Waals surface area (Å²) in [6.07, 6.45) is 1.81. The number of amides is 2. The summed E-state index contributed by atoms with van der Waals surface area (Å²) in [7, 11) is 1.94. The summed E-state index contributed by atoms with van der Waals surface area (Å²) in [5.74, 6) is 0.654. The third-order valence-corrected chi connectivity index (χ3v) is 4.50. The number of hydrogen-bond donors (Lipinski definition) is 1. The van der Waals surface area contributed by atoms with Gasteiger partial charge in [0.2, 0.25) is 0 Å². The first-order chi connectivity index (χ1) is 11.0. The Kier molecular flexibility index (Phi) is 5.28. The standard InChI is InChI=1S/C18H32N4O2/c1-13(2)14(15-8-9-20-21(15)7)10-19-16(23)22-11-17(3,4)24-18(5,6)12-22/h8-9,13-14H,10-12H2,1-7H3,(H,19,23). The molecular weight excluding hydrogens is 304 g/mol. The van der Waals surface area contributed by atoms with Crippen LogP contribution < -0.4 is 5.32 Å². The molecular formula is C18H32N4O2. The Balaban J connectivity index is 2.02. The Labute approximate surface area is 145 Å². The molecule has 0 spiro atoms. The molecule has 2 amide bonds. The highest BCUT2D eigenvalue weighted by atomic mass is 16.5. The van der Waals surface area contributed by atoms with Crippen molar-refractivity contribution in [2.45, 2.75) is 58.7 Å². The number of nitrogens with one attached hydrogen (secondary N) is 1. The Morgan fingerprint density at radius 2 is 1.88 bits per heavy atom. The van der Waals surface area contributed by atoms with Crippen molar-refractivity contribution in [2.75, 3.05) is 19.6 Å². The van der Waals surface area contributed by atoms with Crippen molar-refractivity contribution in [1.29, 1.82) is 0 Å². The van der Waals surface area contributed by atoms with E-state index >= 15 is 0 Å². The van der Waals surface area contributed by atoms with Gasteiger partial charge in [-0.25, -0.2) is 4.79 Å². The molecule has 6 heteroatoms. The third kappa shape index (κ3) is 4.50. The van der Waals surface area contributed by atoms with Crippen LogP contribution in [0.1, 0.15) is 53.2 Å². The molecule has 0 aromatic carbocycles. The number of morpholine rings is 1. The van der Waals surface area contributed by atoms with Gasteiger partial charge in [0.05, 0.1) is 24.3 Å². The number of aromatic nitrogens is 2. The molecule has 2 heterocycles. The third-order valence-electron chi connectivity index (χ3n) is 4.50. The molecule has 1 saturated heterocycles. The molecule has 1 aromatic rings. The second-order valence-electron chi connectivity index (χ2n) is 8.39. The van der Waals surface area contributed by atoms with Gasteiger partial charge in [0.15, 0.2) is 0 Å². The van der Waals surface area contributed by atoms with Gasteiger partial charge >= 0.3 is 6.03 Å². The van der Waals surface area contributed by atoms with Crippen LogP contribution in [0.5, 0.6) is 0 Å². The second kappa shape index (κ2) is 6.75. The van der Waals surface area contributed by atoms with Crippen molar-refractivity contribution >= 4 is 6.03 Å². The highest BCUT2D eigenvalue weighted by Crippen LogP contribution is 2.28. The summed E-state index contributed by atoms with van der Waals surface area (Å²) >= 11 is 0. The first-order valence-electron chi connectivity index (χ1n) is 8.72.